The molecule has 0 bridgehead atoms. The first-order valence-corrected chi connectivity index (χ1v) is 8.30. The lowest BCUT2D eigenvalue weighted by Crippen LogP contribution is -2.27. The number of rotatable bonds is 1. The van der Waals surface area contributed by atoms with Gasteiger partial charge in [-0.1, -0.05) is 0 Å². The Morgan fingerprint density at radius 2 is 2.05 bits per heavy atom. The molecule has 3 heterocycles. The molecule has 0 amide bonds. The van der Waals surface area contributed by atoms with Crippen molar-refractivity contribution >= 4 is 15.9 Å². The summed E-state index contributed by atoms with van der Waals surface area (Å²) >= 11 is 3.75. The Bertz CT molecular complexity index is 689. The monoisotopic (exact) mass is 349 g/mol. The fourth-order valence-electron chi connectivity index (χ4n) is 3.45. The van der Waals surface area contributed by atoms with E-state index in [1.54, 1.807) is 6.07 Å². The van der Waals surface area contributed by atoms with Crippen molar-refractivity contribution in [1.82, 2.24) is 14.9 Å². The molecule has 5 heteroatoms. The normalized spacial score (nSPS) is 18.4. The van der Waals surface area contributed by atoms with Crippen molar-refractivity contribution < 1.29 is 4.39 Å². The number of nitrogens with one attached hydrogen (secondary N) is 1. The van der Waals surface area contributed by atoms with E-state index in [0.29, 0.717) is 5.92 Å². The van der Waals surface area contributed by atoms with Gasteiger partial charge in [-0.15, -0.1) is 0 Å². The first-order valence-electron chi connectivity index (χ1n) is 7.50. The Kier molecular flexibility index (Phi) is 3.34. The van der Waals surface area contributed by atoms with E-state index in [4.69, 9.17) is 4.98 Å². The second-order valence-electron chi connectivity index (χ2n) is 5.84. The first-order chi connectivity index (χ1) is 10.2. The summed E-state index contributed by atoms with van der Waals surface area (Å²) < 4.78 is 16.6. The summed E-state index contributed by atoms with van der Waals surface area (Å²) in [6.45, 7) is 2.11. The van der Waals surface area contributed by atoms with E-state index < -0.39 is 0 Å². The number of hydrogen-bond acceptors (Lipinski definition) is 2. The van der Waals surface area contributed by atoms with Crippen LogP contribution < -0.4 is 5.32 Å². The number of hydrogen-bond donors (Lipinski definition) is 1. The number of halogens is 2. The Balaban J connectivity index is 1.81. The molecule has 0 radical (unpaired) electrons. The third-order valence-electron chi connectivity index (χ3n) is 4.54. The van der Waals surface area contributed by atoms with Gasteiger partial charge in [-0.05, 0) is 72.0 Å². The SMILES string of the molecule is Fc1ccc2c(c1)CCc1nc(C3CCNCC3)c(Br)n1-2. The van der Waals surface area contributed by atoms with Gasteiger partial charge in [0.25, 0.3) is 0 Å². The minimum absolute atomic E-state index is 0.160. The number of aryl methyl sites for hydroxylation is 2. The molecule has 21 heavy (non-hydrogen) atoms. The standard InChI is InChI=1S/C16H17BrFN3/c17-16-15(10-5-7-19-8-6-10)20-14-4-1-11-9-12(18)2-3-13(11)21(14)16/h2-3,9-10,19H,1,4-8H2. The van der Waals surface area contributed by atoms with Crippen LogP contribution >= 0.6 is 15.9 Å². The smallest absolute Gasteiger partial charge is 0.123 e. The van der Waals surface area contributed by atoms with Crippen LogP contribution in [0.4, 0.5) is 4.39 Å². The van der Waals surface area contributed by atoms with E-state index in [9.17, 15) is 4.39 Å². The molecule has 3 nitrogen and oxygen atoms in total. The molecule has 1 aromatic heterocycles. The van der Waals surface area contributed by atoms with Crippen LogP contribution in [0.25, 0.3) is 5.69 Å². The Hall–Kier alpha value is -1.20. The zero-order valence-corrected chi connectivity index (χ0v) is 13.3. The van der Waals surface area contributed by atoms with Crippen molar-refractivity contribution in [3.8, 4) is 5.69 Å². The Labute approximate surface area is 131 Å². The summed E-state index contributed by atoms with van der Waals surface area (Å²) in [5.74, 6) is 1.45. The summed E-state index contributed by atoms with van der Waals surface area (Å²) in [7, 11) is 0. The minimum Gasteiger partial charge on any atom is -0.317 e. The summed E-state index contributed by atoms with van der Waals surface area (Å²) in [5.41, 5.74) is 3.30. The molecule has 1 saturated heterocycles. The van der Waals surface area contributed by atoms with Crippen molar-refractivity contribution in [2.45, 2.75) is 31.6 Å². The fourth-order valence-corrected chi connectivity index (χ4v) is 4.26. The number of fused-ring (bicyclic) bond motifs is 3. The molecule has 0 spiro atoms. The lowest BCUT2D eigenvalue weighted by molar-refractivity contribution is 0.452. The molecule has 0 saturated carbocycles. The molecule has 1 aromatic carbocycles. The Morgan fingerprint density at radius 1 is 1.24 bits per heavy atom. The highest BCUT2D eigenvalue weighted by molar-refractivity contribution is 9.10. The highest BCUT2D eigenvalue weighted by Gasteiger charge is 2.27. The van der Waals surface area contributed by atoms with Gasteiger partial charge in [-0.3, -0.25) is 4.57 Å². The second kappa shape index (κ2) is 5.21. The quantitative estimate of drug-likeness (QED) is 0.855. The van der Waals surface area contributed by atoms with Crippen molar-refractivity contribution in [2.75, 3.05) is 13.1 Å². The lowest BCUT2D eigenvalue weighted by Gasteiger charge is -2.21. The molecular formula is C16H17BrFN3. The highest BCUT2D eigenvalue weighted by Crippen LogP contribution is 2.36. The first kappa shape index (κ1) is 13.5. The van der Waals surface area contributed by atoms with Crippen LogP contribution in [0.15, 0.2) is 22.8 Å². The lowest BCUT2D eigenvalue weighted by atomic mass is 9.95. The van der Waals surface area contributed by atoms with E-state index >= 15 is 0 Å². The molecule has 2 aliphatic heterocycles. The van der Waals surface area contributed by atoms with Gasteiger partial charge in [0.1, 0.15) is 16.2 Å². The van der Waals surface area contributed by atoms with Crippen LogP contribution in [0.1, 0.15) is 35.8 Å². The molecule has 2 aromatic rings. The van der Waals surface area contributed by atoms with E-state index in [1.165, 1.54) is 11.8 Å². The average Bonchev–Trinajstić information content (AvgIpc) is 2.85. The molecular weight excluding hydrogens is 333 g/mol. The topological polar surface area (TPSA) is 29.9 Å². The predicted molar refractivity (Wildman–Crippen MR) is 83.5 cm³/mol. The van der Waals surface area contributed by atoms with Crippen molar-refractivity contribution in [2.24, 2.45) is 0 Å². The van der Waals surface area contributed by atoms with E-state index in [1.807, 2.05) is 6.07 Å². The van der Waals surface area contributed by atoms with E-state index in [0.717, 1.165) is 60.5 Å². The minimum atomic E-state index is -0.160. The third-order valence-corrected chi connectivity index (χ3v) is 5.30. The Morgan fingerprint density at radius 3 is 2.86 bits per heavy atom. The number of benzene rings is 1. The molecule has 4 rings (SSSR count). The molecule has 1 fully saturated rings. The zero-order valence-electron chi connectivity index (χ0n) is 11.7. The van der Waals surface area contributed by atoms with Crippen LogP contribution in [0.5, 0.6) is 0 Å². The van der Waals surface area contributed by atoms with Crippen LogP contribution in [-0.2, 0) is 12.8 Å². The molecule has 2 aliphatic rings. The van der Waals surface area contributed by atoms with Gasteiger partial charge in [0.15, 0.2) is 0 Å². The fraction of sp³-hybridized carbons (Fsp3) is 0.438. The van der Waals surface area contributed by atoms with Gasteiger partial charge >= 0.3 is 0 Å². The van der Waals surface area contributed by atoms with Gasteiger partial charge in [0.05, 0.1) is 11.4 Å². The maximum Gasteiger partial charge on any atom is 0.123 e. The van der Waals surface area contributed by atoms with Crippen LogP contribution in [-0.4, -0.2) is 22.6 Å². The largest absolute Gasteiger partial charge is 0.317 e. The van der Waals surface area contributed by atoms with Crippen molar-refractivity contribution in [3.63, 3.8) is 0 Å². The highest BCUT2D eigenvalue weighted by atomic mass is 79.9. The van der Waals surface area contributed by atoms with Gasteiger partial charge in [0.2, 0.25) is 0 Å². The van der Waals surface area contributed by atoms with Gasteiger partial charge < -0.3 is 5.32 Å². The summed E-state index contributed by atoms with van der Waals surface area (Å²) in [5, 5.41) is 3.40. The molecule has 1 N–H and O–H groups in total. The maximum atomic E-state index is 13.4. The summed E-state index contributed by atoms with van der Waals surface area (Å²) in [4.78, 5) is 4.89. The molecule has 110 valence electrons. The second-order valence-corrected chi connectivity index (χ2v) is 6.59. The number of piperidine rings is 1. The number of imidazole rings is 1. The van der Waals surface area contributed by atoms with Crippen LogP contribution in [0.3, 0.4) is 0 Å². The predicted octanol–water partition coefficient (Wildman–Crippen LogP) is 3.34. The summed E-state index contributed by atoms with van der Waals surface area (Å²) in [6.07, 6.45) is 4.00. The molecule has 0 unspecified atom stereocenters. The maximum absolute atomic E-state index is 13.4. The number of aromatic nitrogens is 2. The molecule has 0 aliphatic carbocycles. The van der Waals surface area contributed by atoms with Crippen LogP contribution in [0.2, 0.25) is 0 Å². The van der Waals surface area contributed by atoms with Gasteiger partial charge in [0, 0.05) is 12.3 Å². The summed E-state index contributed by atoms with van der Waals surface area (Å²) in [6, 6.07) is 5.05. The van der Waals surface area contributed by atoms with Crippen molar-refractivity contribution in [3.05, 3.63) is 45.7 Å². The molecule has 0 atom stereocenters. The zero-order chi connectivity index (χ0) is 14.4. The number of nitrogens with zero attached hydrogens (tertiary/aromatic N) is 2. The van der Waals surface area contributed by atoms with Crippen LogP contribution in [0, 0.1) is 5.82 Å². The van der Waals surface area contributed by atoms with E-state index in [-0.39, 0.29) is 5.82 Å². The average molecular weight is 350 g/mol. The third kappa shape index (κ3) is 2.23. The van der Waals surface area contributed by atoms with E-state index in [2.05, 4.69) is 25.8 Å². The van der Waals surface area contributed by atoms with Gasteiger partial charge in [-0.2, -0.15) is 0 Å². The van der Waals surface area contributed by atoms with Gasteiger partial charge in [-0.25, -0.2) is 9.37 Å². The van der Waals surface area contributed by atoms with Crippen molar-refractivity contribution in [1.29, 1.82) is 0 Å².